The maximum atomic E-state index is 12.6. The number of carbonyl (C=O) groups is 3. The van der Waals surface area contributed by atoms with Crippen LogP contribution in [-0.2, 0) is 39.9 Å². The van der Waals surface area contributed by atoms with Gasteiger partial charge in [0.2, 0.25) is 11.8 Å². The Balaban J connectivity index is 1.22. The molecule has 3 aliphatic heterocycles. The molecular formula is C33H45N3O8. The standard InChI is InChI=1S/C33H45N3O8/c1-21(6-12-28-22(2)15-26(19-42-28)36-30(38)5-4-14-41-23(3)37)7-13-29-32(40)33(20-43-33)17-27(44-29)16-31(39)35-18-24-8-10-25(34)11-9-24/h4-11,13,22,26-29,32,40H,12,14-20,34H2,1-3H3,(H,35,39)(H,36,38)/b5-4-,13-7+,21-6+/t22-,26+,27+,28-,29+,32+,33+/m0/s1. The van der Waals surface area contributed by atoms with Gasteiger partial charge in [-0.1, -0.05) is 42.9 Å². The Bertz CT molecular complexity index is 1240. The number of nitrogen functional groups attached to an aromatic ring is 1. The van der Waals surface area contributed by atoms with Crippen molar-refractivity contribution < 1.29 is 38.4 Å². The second-order valence-electron chi connectivity index (χ2n) is 12.0. The quantitative estimate of drug-likeness (QED) is 0.0915. The van der Waals surface area contributed by atoms with Crippen molar-refractivity contribution >= 4 is 23.5 Å². The Morgan fingerprint density at radius 1 is 1.18 bits per heavy atom. The van der Waals surface area contributed by atoms with Crippen LogP contribution < -0.4 is 16.4 Å². The van der Waals surface area contributed by atoms with E-state index in [9.17, 15) is 19.5 Å². The van der Waals surface area contributed by atoms with Gasteiger partial charge in [0.05, 0.1) is 37.9 Å². The molecule has 3 saturated heterocycles. The number of esters is 1. The van der Waals surface area contributed by atoms with Crippen molar-refractivity contribution in [3.8, 4) is 0 Å². The van der Waals surface area contributed by atoms with Gasteiger partial charge in [-0.25, -0.2) is 0 Å². The number of hydrogen-bond acceptors (Lipinski definition) is 9. The smallest absolute Gasteiger partial charge is 0.302 e. The van der Waals surface area contributed by atoms with Gasteiger partial charge < -0.3 is 40.4 Å². The van der Waals surface area contributed by atoms with Gasteiger partial charge in [0.1, 0.15) is 24.4 Å². The van der Waals surface area contributed by atoms with Gasteiger partial charge in [-0.05, 0) is 49.5 Å². The molecule has 0 saturated carbocycles. The molecule has 0 aromatic heterocycles. The van der Waals surface area contributed by atoms with E-state index in [1.807, 2.05) is 31.2 Å². The Morgan fingerprint density at radius 3 is 2.61 bits per heavy atom. The average Bonchev–Trinajstić information content (AvgIpc) is 3.75. The van der Waals surface area contributed by atoms with E-state index in [4.69, 9.17) is 24.7 Å². The molecule has 44 heavy (non-hydrogen) atoms. The molecule has 2 amide bonds. The van der Waals surface area contributed by atoms with Crippen molar-refractivity contribution in [3.63, 3.8) is 0 Å². The molecule has 1 spiro atoms. The van der Waals surface area contributed by atoms with Crippen molar-refractivity contribution in [1.29, 1.82) is 0 Å². The number of epoxide rings is 1. The highest BCUT2D eigenvalue weighted by atomic mass is 16.6. The van der Waals surface area contributed by atoms with Gasteiger partial charge in [-0.3, -0.25) is 14.4 Å². The van der Waals surface area contributed by atoms with Crippen LogP contribution >= 0.6 is 0 Å². The summed E-state index contributed by atoms with van der Waals surface area (Å²) in [4.78, 5) is 35.6. The molecule has 4 rings (SSSR count). The van der Waals surface area contributed by atoms with Gasteiger partial charge in [0.25, 0.3) is 0 Å². The van der Waals surface area contributed by atoms with Crippen LogP contribution in [0.25, 0.3) is 0 Å². The summed E-state index contributed by atoms with van der Waals surface area (Å²) < 4.78 is 22.7. The first-order chi connectivity index (χ1) is 21.0. The lowest BCUT2D eigenvalue weighted by molar-refractivity contribution is -0.145. The first kappa shape index (κ1) is 33.4. The van der Waals surface area contributed by atoms with Crippen LogP contribution in [0, 0.1) is 5.92 Å². The van der Waals surface area contributed by atoms with Gasteiger partial charge in [-0.2, -0.15) is 0 Å². The SMILES string of the molecule is CC(=O)OC/C=C\C(=O)N[C@H]1CO[C@@H](C/C=C(C)/C=C/[C@H]2O[C@H](CC(=O)NCc3ccc(N)cc3)C[C@@]3(CO3)[C@@H]2O)[C@@H](C)C1. The highest BCUT2D eigenvalue weighted by molar-refractivity contribution is 5.87. The molecule has 1 aromatic rings. The number of aliphatic hydroxyl groups is 1. The van der Waals surface area contributed by atoms with E-state index in [2.05, 4.69) is 23.6 Å². The minimum absolute atomic E-state index is 0.0156. The van der Waals surface area contributed by atoms with Crippen molar-refractivity contribution in [2.45, 2.75) is 89.1 Å². The Hall–Kier alpha value is -3.51. The second kappa shape index (κ2) is 15.5. The molecule has 3 heterocycles. The fraction of sp³-hybridized carbons (Fsp3) is 0.545. The number of aliphatic hydroxyl groups excluding tert-OH is 1. The van der Waals surface area contributed by atoms with Gasteiger partial charge in [0.15, 0.2) is 0 Å². The number of amides is 2. The van der Waals surface area contributed by atoms with Crippen LogP contribution in [0.4, 0.5) is 5.69 Å². The molecule has 0 aliphatic carbocycles. The predicted octanol–water partition coefficient (Wildman–Crippen LogP) is 2.48. The summed E-state index contributed by atoms with van der Waals surface area (Å²) in [6, 6.07) is 7.26. The van der Waals surface area contributed by atoms with Crippen molar-refractivity contribution in [2.24, 2.45) is 5.92 Å². The Kier molecular flexibility index (Phi) is 11.7. The van der Waals surface area contributed by atoms with Crippen molar-refractivity contribution in [1.82, 2.24) is 10.6 Å². The third-order valence-corrected chi connectivity index (χ3v) is 8.19. The Labute approximate surface area is 258 Å². The average molecular weight is 612 g/mol. The van der Waals surface area contributed by atoms with E-state index < -0.39 is 23.8 Å². The summed E-state index contributed by atoms with van der Waals surface area (Å²) in [6.45, 7) is 6.73. The predicted molar refractivity (Wildman–Crippen MR) is 164 cm³/mol. The number of carbonyl (C=O) groups excluding carboxylic acids is 3. The van der Waals surface area contributed by atoms with Crippen LogP contribution in [0.15, 0.2) is 60.2 Å². The minimum atomic E-state index is -0.814. The highest BCUT2D eigenvalue weighted by Gasteiger charge is 2.58. The van der Waals surface area contributed by atoms with Crippen molar-refractivity contribution in [2.75, 3.05) is 25.6 Å². The van der Waals surface area contributed by atoms with Gasteiger partial charge >= 0.3 is 5.97 Å². The maximum Gasteiger partial charge on any atom is 0.302 e. The summed E-state index contributed by atoms with van der Waals surface area (Å²) in [6.07, 6.45) is 9.09. The monoisotopic (exact) mass is 611 g/mol. The number of benzene rings is 1. The molecule has 240 valence electrons. The molecule has 11 heteroatoms. The lowest BCUT2D eigenvalue weighted by Crippen LogP contribution is -2.50. The van der Waals surface area contributed by atoms with E-state index in [1.54, 1.807) is 12.1 Å². The van der Waals surface area contributed by atoms with E-state index in [1.165, 1.54) is 19.1 Å². The maximum absolute atomic E-state index is 12.6. The molecular weight excluding hydrogens is 566 g/mol. The number of anilines is 1. The zero-order chi connectivity index (χ0) is 31.7. The molecule has 1 aromatic carbocycles. The summed E-state index contributed by atoms with van der Waals surface area (Å²) >= 11 is 0. The van der Waals surface area contributed by atoms with E-state index in [0.29, 0.717) is 38.3 Å². The third-order valence-electron chi connectivity index (χ3n) is 8.19. The van der Waals surface area contributed by atoms with Crippen molar-refractivity contribution in [3.05, 3.63) is 65.8 Å². The fourth-order valence-corrected chi connectivity index (χ4v) is 5.58. The number of nitrogens with one attached hydrogen (secondary N) is 2. The molecule has 0 unspecified atom stereocenters. The zero-order valence-electron chi connectivity index (χ0n) is 25.7. The molecule has 7 atom stereocenters. The number of ether oxygens (including phenoxy) is 4. The lowest BCUT2D eigenvalue weighted by atomic mass is 9.87. The Morgan fingerprint density at radius 2 is 1.93 bits per heavy atom. The first-order valence-electron chi connectivity index (χ1n) is 15.2. The number of allylic oxidation sites excluding steroid dienone is 2. The van der Waals surface area contributed by atoms with Gasteiger partial charge in [-0.15, -0.1) is 0 Å². The third kappa shape index (κ3) is 10.0. The molecule has 3 aliphatic rings. The number of rotatable bonds is 12. The van der Waals surface area contributed by atoms with E-state index in [-0.39, 0.29) is 49.0 Å². The summed E-state index contributed by atoms with van der Waals surface area (Å²) in [5.74, 6) is -0.538. The molecule has 5 N–H and O–H groups in total. The van der Waals surface area contributed by atoms with Crippen LogP contribution in [0.5, 0.6) is 0 Å². The van der Waals surface area contributed by atoms with E-state index in [0.717, 1.165) is 17.6 Å². The lowest BCUT2D eigenvalue weighted by Gasteiger charge is -2.36. The number of hydrogen-bond donors (Lipinski definition) is 4. The molecule has 3 fully saturated rings. The summed E-state index contributed by atoms with van der Waals surface area (Å²) in [5.41, 5.74) is 7.69. The van der Waals surface area contributed by atoms with Crippen LogP contribution in [0.2, 0.25) is 0 Å². The molecule has 0 radical (unpaired) electrons. The van der Waals surface area contributed by atoms with Gasteiger partial charge in [0, 0.05) is 31.7 Å². The summed E-state index contributed by atoms with van der Waals surface area (Å²) in [5, 5.41) is 16.8. The van der Waals surface area contributed by atoms with Crippen LogP contribution in [0.3, 0.4) is 0 Å². The second-order valence-corrected chi connectivity index (χ2v) is 12.0. The largest absolute Gasteiger partial charge is 0.462 e. The fourth-order valence-electron chi connectivity index (χ4n) is 5.58. The normalized spacial score (nSPS) is 30.4. The topological polar surface area (TPSA) is 162 Å². The summed E-state index contributed by atoms with van der Waals surface area (Å²) in [7, 11) is 0. The van der Waals surface area contributed by atoms with Crippen LogP contribution in [0.1, 0.15) is 52.0 Å². The minimum Gasteiger partial charge on any atom is -0.462 e. The molecule has 11 nitrogen and oxygen atoms in total. The zero-order valence-corrected chi connectivity index (χ0v) is 25.7. The number of nitrogens with two attached hydrogens (primary N) is 1. The van der Waals surface area contributed by atoms with Crippen LogP contribution in [-0.4, -0.2) is 78.8 Å². The first-order valence-corrected chi connectivity index (χ1v) is 15.2. The highest BCUT2D eigenvalue weighted by Crippen LogP contribution is 2.43. The van der Waals surface area contributed by atoms with E-state index >= 15 is 0 Å². The molecule has 0 bridgehead atoms.